The third-order valence-electron chi connectivity index (χ3n) is 2.93. The van der Waals surface area contributed by atoms with Crippen LogP contribution in [0.15, 0.2) is 23.1 Å². The highest BCUT2D eigenvalue weighted by atomic mass is 32.2. The number of nitrogens with one attached hydrogen (secondary N) is 2. The summed E-state index contributed by atoms with van der Waals surface area (Å²) in [5.74, 6) is 5.18. The van der Waals surface area contributed by atoms with Crippen LogP contribution in [0.25, 0.3) is 0 Å². The molecule has 0 saturated heterocycles. The first-order valence-electron chi connectivity index (χ1n) is 6.13. The Morgan fingerprint density at radius 2 is 1.95 bits per heavy atom. The van der Waals surface area contributed by atoms with Gasteiger partial charge in [0.2, 0.25) is 10.0 Å². The second-order valence-corrected chi connectivity index (χ2v) is 5.87. The predicted molar refractivity (Wildman–Crippen MR) is 75.6 cm³/mol. The number of hydrogen-bond donors (Lipinski definition) is 3. The van der Waals surface area contributed by atoms with Crippen molar-refractivity contribution in [3.8, 4) is 0 Å². The SMILES string of the molecule is CCC(CC)NS(=O)(=O)c1cccc(NN)c1[N+](=O)[O-]. The first-order chi connectivity index (χ1) is 9.37. The zero-order valence-electron chi connectivity index (χ0n) is 11.3. The van der Waals surface area contributed by atoms with Crippen LogP contribution in [-0.4, -0.2) is 19.4 Å². The number of nitro benzene ring substituents is 1. The Hall–Kier alpha value is -1.71. The van der Waals surface area contributed by atoms with Gasteiger partial charge in [-0.05, 0) is 25.0 Å². The molecule has 0 radical (unpaired) electrons. The minimum atomic E-state index is -3.98. The fraction of sp³-hybridized carbons (Fsp3) is 0.455. The van der Waals surface area contributed by atoms with Gasteiger partial charge in [-0.1, -0.05) is 19.9 Å². The molecular formula is C11H18N4O4S. The van der Waals surface area contributed by atoms with Gasteiger partial charge in [0.15, 0.2) is 4.90 Å². The molecule has 1 rings (SSSR count). The molecule has 0 bridgehead atoms. The standard InChI is InChI=1S/C11H18N4O4S/c1-3-8(4-2)14-20(18,19)10-7-5-6-9(13-12)11(10)15(16)17/h5-8,13-14H,3-4,12H2,1-2H3. The monoisotopic (exact) mass is 302 g/mol. The molecule has 1 aromatic rings. The van der Waals surface area contributed by atoms with Gasteiger partial charge in [-0.3, -0.25) is 16.0 Å². The van der Waals surface area contributed by atoms with Crippen molar-refractivity contribution in [1.29, 1.82) is 0 Å². The third-order valence-corrected chi connectivity index (χ3v) is 4.49. The second kappa shape index (κ2) is 6.64. The number of hydrogen-bond acceptors (Lipinski definition) is 6. The van der Waals surface area contributed by atoms with Crippen molar-refractivity contribution in [3.05, 3.63) is 28.3 Å². The molecule has 9 heteroatoms. The molecule has 0 aliphatic carbocycles. The van der Waals surface area contributed by atoms with E-state index in [1.807, 2.05) is 13.8 Å². The Morgan fingerprint density at radius 1 is 1.35 bits per heavy atom. The van der Waals surface area contributed by atoms with E-state index >= 15 is 0 Å². The van der Waals surface area contributed by atoms with Gasteiger partial charge in [0, 0.05) is 6.04 Å². The Labute approximate surface area is 117 Å². The van der Waals surface area contributed by atoms with Crippen molar-refractivity contribution in [2.75, 3.05) is 5.43 Å². The van der Waals surface area contributed by atoms with Crippen molar-refractivity contribution >= 4 is 21.4 Å². The second-order valence-electron chi connectivity index (χ2n) is 4.19. The minimum Gasteiger partial charge on any atom is -0.318 e. The summed E-state index contributed by atoms with van der Waals surface area (Å²) in [6.45, 7) is 3.67. The molecule has 0 atom stereocenters. The van der Waals surface area contributed by atoms with E-state index < -0.39 is 25.5 Å². The van der Waals surface area contributed by atoms with Crippen LogP contribution in [0.1, 0.15) is 26.7 Å². The molecule has 112 valence electrons. The van der Waals surface area contributed by atoms with Gasteiger partial charge in [-0.15, -0.1) is 0 Å². The molecule has 0 saturated carbocycles. The number of nitrogens with two attached hydrogens (primary N) is 1. The number of benzene rings is 1. The topological polar surface area (TPSA) is 127 Å². The summed E-state index contributed by atoms with van der Waals surface area (Å²) >= 11 is 0. The highest BCUT2D eigenvalue weighted by Crippen LogP contribution is 2.31. The average Bonchev–Trinajstić information content (AvgIpc) is 2.43. The molecule has 8 nitrogen and oxygen atoms in total. The Morgan fingerprint density at radius 3 is 2.40 bits per heavy atom. The number of nitro groups is 1. The largest absolute Gasteiger partial charge is 0.318 e. The number of para-hydroxylation sites is 1. The highest BCUT2D eigenvalue weighted by molar-refractivity contribution is 7.89. The van der Waals surface area contributed by atoms with E-state index in [1.54, 1.807) is 0 Å². The van der Waals surface area contributed by atoms with Crippen LogP contribution in [0.3, 0.4) is 0 Å². The van der Waals surface area contributed by atoms with Gasteiger partial charge in [0.1, 0.15) is 5.69 Å². The lowest BCUT2D eigenvalue weighted by Gasteiger charge is -2.15. The first-order valence-corrected chi connectivity index (χ1v) is 7.62. The molecule has 0 fully saturated rings. The summed E-state index contributed by atoms with van der Waals surface area (Å²) in [5.41, 5.74) is 1.52. The van der Waals surface area contributed by atoms with E-state index in [0.717, 1.165) is 0 Å². The minimum absolute atomic E-state index is 0.0533. The fourth-order valence-electron chi connectivity index (χ4n) is 1.78. The van der Waals surface area contributed by atoms with E-state index in [1.165, 1.54) is 18.2 Å². The maximum atomic E-state index is 12.3. The van der Waals surface area contributed by atoms with Crippen LogP contribution >= 0.6 is 0 Å². The molecular weight excluding hydrogens is 284 g/mol. The normalized spacial score (nSPS) is 11.6. The number of nitrogens with zero attached hydrogens (tertiary/aromatic N) is 1. The quantitative estimate of drug-likeness (QED) is 0.396. The molecule has 0 unspecified atom stereocenters. The van der Waals surface area contributed by atoms with E-state index in [-0.39, 0.29) is 11.7 Å². The lowest BCUT2D eigenvalue weighted by Crippen LogP contribution is -2.34. The lowest BCUT2D eigenvalue weighted by atomic mass is 10.2. The number of nitrogen functional groups attached to an aromatic ring is 1. The van der Waals surface area contributed by atoms with Crippen molar-refractivity contribution in [1.82, 2.24) is 4.72 Å². The van der Waals surface area contributed by atoms with Crippen LogP contribution in [0.4, 0.5) is 11.4 Å². The summed E-state index contributed by atoms with van der Waals surface area (Å²) in [7, 11) is -3.98. The van der Waals surface area contributed by atoms with E-state index in [0.29, 0.717) is 12.8 Å². The van der Waals surface area contributed by atoms with Crippen molar-refractivity contribution in [2.24, 2.45) is 5.84 Å². The van der Waals surface area contributed by atoms with Gasteiger partial charge in [0.05, 0.1) is 4.92 Å². The summed E-state index contributed by atoms with van der Waals surface area (Å²) in [4.78, 5) is 9.93. The van der Waals surface area contributed by atoms with Crippen LogP contribution in [0.5, 0.6) is 0 Å². The van der Waals surface area contributed by atoms with Crippen LogP contribution in [0, 0.1) is 10.1 Å². The predicted octanol–water partition coefficient (Wildman–Crippen LogP) is 1.35. The van der Waals surface area contributed by atoms with Crippen LogP contribution in [0.2, 0.25) is 0 Å². The van der Waals surface area contributed by atoms with Gasteiger partial charge in [0.25, 0.3) is 0 Å². The van der Waals surface area contributed by atoms with Gasteiger partial charge < -0.3 is 5.43 Å². The number of anilines is 1. The van der Waals surface area contributed by atoms with Crippen molar-refractivity contribution in [3.63, 3.8) is 0 Å². The molecule has 0 heterocycles. The van der Waals surface area contributed by atoms with Crippen LogP contribution < -0.4 is 16.0 Å². The molecule has 0 spiro atoms. The van der Waals surface area contributed by atoms with Gasteiger partial charge in [-0.25, -0.2) is 13.1 Å². The average molecular weight is 302 g/mol. The molecule has 0 amide bonds. The van der Waals surface area contributed by atoms with Crippen molar-refractivity contribution in [2.45, 2.75) is 37.6 Å². The Bertz CT molecular complexity index is 584. The smallest absolute Gasteiger partial charge is 0.313 e. The lowest BCUT2D eigenvalue weighted by molar-refractivity contribution is -0.386. The molecule has 0 aliphatic rings. The zero-order valence-corrected chi connectivity index (χ0v) is 12.1. The summed E-state index contributed by atoms with van der Waals surface area (Å²) < 4.78 is 27.0. The van der Waals surface area contributed by atoms with E-state index in [2.05, 4.69) is 10.1 Å². The van der Waals surface area contributed by atoms with Crippen molar-refractivity contribution < 1.29 is 13.3 Å². The number of sulfonamides is 1. The van der Waals surface area contributed by atoms with E-state index in [9.17, 15) is 18.5 Å². The molecule has 4 N–H and O–H groups in total. The molecule has 1 aromatic carbocycles. The Kier molecular flexibility index (Phi) is 5.43. The maximum Gasteiger partial charge on any atom is 0.313 e. The van der Waals surface area contributed by atoms with Gasteiger partial charge >= 0.3 is 5.69 Å². The van der Waals surface area contributed by atoms with E-state index in [4.69, 9.17) is 5.84 Å². The maximum absolute atomic E-state index is 12.3. The number of rotatable bonds is 7. The van der Waals surface area contributed by atoms with Crippen LogP contribution in [-0.2, 0) is 10.0 Å². The molecule has 0 aromatic heterocycles. The molecule has 20 heavy (non-hydrogen) atoms. The third kappa shape index (κ3) is 3.44. The Balaban J connectivity index is 3.35. The molecule has 0 aliphatic heterocycles. The highest BCUT2D eigenvalue weighted by Gasteiger charge is 2.29. The summed E-state index contributed by atoms with van der Waals surface area (Å²) in [5, 5.41) is 11.1. The zero-order chi connectivity index (χ0) is 15.3. The first kappa shape index (κ1) is 16.3. The fourth-order valence-corrected chi connectivity index (χ4v) is 3.38. The summed E-state index contributed by atoms with van der Waals surface area (Å²) in [6.07, 6.45) is 1.19. The summed E-state index contributed by atoms with van der Waals surface area (Å²) in [6, 6.07) is 3.65. The number of hydrazine groups is 1. The van der Waals surface area contributed by atoms with Gasteiger partial charge in [-0.2, -0.15) is 0 Å².